The summed E-state index contributed by atoms with van der Waals surface area (Å²) >= 11 is 0. The van der Waals surface area contributed by atoms with Crippen molar-refractivity contribution in [2.45, 2.75) is 26.3 Å². The van der Waals surface area contributed by atoms with Crippen LogP contribution in [0, 0.1) is 12.7 Å². The molecule has 0 fully saturated rings. The molecule has 156 valence electrons. The number of imidazole rings is 1. The Hall–Kier alpha value is -2.36. The van der Waals surface area contributed by atoms with Crippen LogP contribution in [0.3, 0.4) is 0 Å². The predicted octanol–water partition coefficient (Wildman–Crippen LogP) is 3.88. The minimum Gasteiger partial charge on any atom is -0.494 e. The second-order valence-electron chi connectivity index (χ2n) is 6.66. The standard InChI is InChI=1S/C21H26FN5O.HI/c1-14-6-5-11-27-13-17(26-20(14)27)9-10-24-21(23-3)25-15(2)16-7-8-19(28-4)18(22)12-16;/h5-8,11-13,15H,9-10H2,1-4H3,(H2,23,24,25);1H. The topological polar surface area (TPSA) is 63.0 Å². The van der Waals surface area contributed by atoms with Crippen LogP contribution in [0.15, 0.2) is 47.7 Å². The highest BCUT2D eigenvalue weighted by Crippen LogP contribution is 2.21. The number of methoxy groups -OCH3 is 1. The van der Waals surface area contributed by atoms with Gasteiger partial charge in [0.2, 0.25) is 0 Å². The van der Waals surface area contributed by atoms with Crippen LogP contribution in [-0.2, 0) is 6.42 Å². The number of ether oxygens (including phenoxy) is 1. The first-order valence-corrected chi connectivity index (χ1v) is 9.25. The molecule has 0 bridgehead atoms. The highest BCUT2D eigenvalue weighted by Gasteiger charge is 2.11. The number of aliphatic imine (C=N–C) groups is 1. The number of fused-ring (bicyclic) bond motifs is 1. The SMILES string of the molecule is CN=C(NCCc1cn2cccc(C)c2n1)NC(C)c1ccc(OC)c(F)c1.I. The van der Waals surface area contributed by atoms with Crippen molar-refractivity contribution in [1.29, 1.82) is 0 Å². The monoisotopic (exact) mass is 511 g/mol. The summed E-state index contributed by atoms with van der Waals surface area (Å²) in [6.45, 7) is 4.70. The van der Waals surface area contributed by atoms with Gasteiger partial charge in [-0.15, -0.1) is 24.0 Å². The van der Waals surface area contributed by atoms with Crippen molar-refractivity contribution < 1.29 is 9.13 Å². The van der Waals surface area contributed by atoms with E-state index < -0.39 is 0 Å². The van der Waals surface area contributed by atoms with Gasteiger partial charge in [-0.25, -0.2) is 9.37 Å². The van der Waals surface area contributed by atoms with Crippen molar-refractivity contribution in [3.63, 3.8) is 0 Å². The van der Waals surface area contributed by atoms with Crippen molar-refractivity contribution in [3.05, 3.63) is 65.4 Å². The third-order valence-electron chi connectivity index (χ3n) is 4.65. The molecule has 2 heterocycles. The summed E-state index contributed by atoms with van der Waals surface area (Å²) in [6, 6.07) is 8.91. The molecule has 6 nitrogen and oxygen atoms in total. The molecule has 29 heavy (non-hydrogen) atoms. The van der Waals surface area contributed by atoms with Crippen molar-refractivity contribution >= 4 is 35.6 Å². The predicted molar refractivity (Wildman–Crippen MR) is 125 cm³/mol. The third-order valence-corrected chi connectivity index (χ3v) is 4.65. The van der Waals surface area contributed by atoms with E-state index in [4.69, 9.17) is 4.74 Å². The second kappa shape index (κ2) is 10.4. The van der Waals surface area contributed by atoms with Crippen molar-refractivity contribution in [3.8, 4) is 5.75 Å². The Bertz CT molecular complexity index is 988. The molecular formula is C21H27FIN5O. The largest absolute Gasteiger partial charge is 0.494 e. The van der Waals surface area contributed by atoms with Gasteiger partial charge in [0.15, 0.2) is 17.5 Å². The Morgan fingerprint density at radius 2 is 2.14 bits per heavy atom. The molecule has 0 saturated carbocycles. The summed E-state index contributed by atoms with van der Waals surface area (Å²) in [5, 5.41) is 6.56. The van der Waals surface area contributed by atoms with Gasteiger partial charge in [0.25, 0.3) is 0 Å². The van der Waals surface area contributed by atoms with Gasteiger partial charge in [-0.2, -0.15) is 0 Å². The molecule has 0 saturated heterocycles. The first-order valence-electron chi connectivity index (χ1n) is 9.25. The Morgan fingerprint density at radius 1 is 1.34 bits per heavy atom. The Morgan fingerprint density at radius 3 is 2.79 bits per heavy atom. The zero-order valence-corrected chi connectivity index (χ0v) is 19.4. The van der Waals surface area contributed by atoms with E-state index in [1.807, 2.05) is 35.9 Å². The number of hydrogen-bond donors (Lipinski definition) is 2. The van der Waals surface area contributed by atoms with E-state index in [1.54, 1.807) is 13.1 Å². The molecule has 0 aliphatic carbocycles. The Balaban J connectivity index is 0.00000300. The minimum absolute atomic E-state index is 0. The number of guanidine groups is 1. The van der Waals surface area contributed by atoms with E-state index in [0.29, 0.717) is 12.5 Å². The van der Waals surface area contributed by atoms with E-state index in [0.717, 1.165) is 28.9 Å². The van der Waals surface area contributed by atoms with Crippen molar-refractivity contribution in [2.75, 3.05) is 20.7 Å². The summed E-state index contributed by atoms with van der Waals surface area (Å²) in [7, 11) is 3.17. The van der Waals surface area contributed by atoms with Crippen LogP contribution in [0.2, 0.25) is 0 Å². The third kappa shape index (κ3) is 5.59. The fraction of sp³-hybridized carbons (Fsp3) is 0.333. The first-order chi connectivity index (χ1) is 13.5. The van der Waals surface area contributed by atoms with Gasteiger partial charge in [-0.05, 0) is 43.2 Å². The maximum absolute atomic E-state index is 13.9. The molecule has 1 unspecified atom stereocenters. The quantitative estimate of drug-likeness (QED) is 0.300. The van der Waals surface area contributed by atoms with Gasteiger partial charge in [0.05, 0.1) is 18.8 Å². The smallest absolute Gasteiger partial charge is 0.191 e. The molecule has 2 aromatic heterocycles. The number of halogens is 2. The normalized spacial score (nSPS) is 12.4. The molecule has 1 aromatic carbocycles. The lowest BCUT2D eigenvalue weighted by atomic mass is 10.1. The summed E-state index contributed by atoms with van der Waals surface area (Å²) in [5.41, 5.74) is 3.97. The zero-order chi connectivity index (χ0) is 20.1. The lowest BCUT2D eigenvalue weighted by molar-refractivity contribution is 0.386. The van der Waals surface area contributed by atoms with Crippen LogP contribution >= 0.6 is 24.0 Å². The summed E-state index contributed by atoms with van der Waals surface area (Å²) in [4.78, 5) is 8.93. The van der Waals surface area contributed by atoms with Gasteiger partial charge in [0, 0.05) is 32.4 Å². The molecule has 3 rings (SSSR count). The number of rotatable bonds is 6. The fourth-order valence-electron chi connectivity index (χ4n) is 3.07. The fourth-order valence-corrected chi connectivity index (χ4v) is 3.07. The van der Waals surface area contributed by atoms with Gasteiger partial charge in [-0.3, -0.25) is 4.99 Å². The second-order valence-corrected chi connectivity index (χ2v) is 6.66. The molecule has 3 aromatic rings. The highest BCUT2D eigenvalue weighted by atomic mass is 127. The van der Waals surface area contributed by atoms with E-state index in [9.17, 15) is 4.39 Å². The van der Waals surface area contributed by atoms with Crippen LogP contribution in [0.25, 0.3) is 5.65 Å². The Labute approximate surface area is 187 Å². The van der Waals surface area contributed by atoms with Crippen LogP contribution in [0.4, 0.5) is 4.39 Å². The molecule has 8 heteroatoms. The number of hydrogen-bond acceptors (Lipinski definition) is 3. The molecule has 0 aliphatic rings. The number of pyridine rings is 1. The minimum atomic E-state index is -0.376. The van der Waals surface area contributed by atoms with E-state index in [1.165, 1.54) is 13.2 Å². The maximum atomic E-state index is 13.9. The lowest BCUT2D eigenvalue weighted by Crippen LogP contribution is -2.39. The van der Waals surface area contributed by atoms with Gasteiger partial charge < -0.3 is 19.8 Å². The van der Waals surface area contributed by atoms with Crippen molar-refractivity contribution in [2.24, 2.45) is 4.99 Å². The number of aromatic nitrogens is 2. The van der Waals surface area contributed by atoms with Crippen molar-refractivity contribution in [1.82, 2.24) is 20.0 Å². The summed E-state index contributed by atoms with van der Waals surface area (Å²) in [5.74, 6) is 0.517. The highest BCUT2D eigenvalue weighted by molar-refractivity contribution is 14.0. The van der Waals surface area contributed by atoms with Crippen LogP contribution in [-0.4, -0.2) is 36.0 Å². The molecule has 0 aliphatic heterocycles. The number of aryl methyl sites for hydroxylation is 1. The molecule has 2 N–H and O–H groups in total. The summed E-state index contributed by atoms with van der Waals surface area (Å²) in [6.07, 6.45) is 4.82. The average Bonchev–Trinajstić information content (AvgIpc) is 3.11. The van der Waals surface area contributed by atoms with E-state index in [-0.39, 0.29) is 41.6 Å². The summed E-state index contributed by atoms with van der Waals surface area (Å²) < 4.78 is 20.9. The Kier molecular flexibility index (Phi) is 8.24. The maximum Gasteiger partial charge on any atom is 0.191 e. The van der Waals surface area contributed by atoms with Gasteiger partial charge in [-0.1, -0.05) is 12.1 Å². The lowest BCUT2D eigenvalue weighted by Gasteiger charge is -2.18. The van der Waals surface area contributed by atoms with E-state index >= 15 is 0 Å². The number of benzene rings is 1. The molecule has 0 radical (unpaired) electrons. The van der Waals surface area contributed by atoms with Crippen LogP contribution < -0.4 is 15.4 Å². The first kappa shape index (κ1) is 22.9. The van der Waals surface area contributed by atoms with Gasteiger partial charge >= 0.3 is 0 Å². The molecular weight excluding hydrogens is 484 g/mol. The molecule has 0 amide bonds. The average molecular weight is 511 g/mol. The number of nitrogens with zero attached hydrogens (tertiary/aromatic N) is 3. The van der Waals surface area contributed by atoms with Crippen LogP contribution in [0.1, 0.15) is 29.8 Å². The van der Waals surface area contributed by atoms with E-state index in [2.05, 4.69) is 33.6 Å². The van der Waals surface area contributed by atoms with Crippen LogP contribution in [0.5, 0.6) is 5.75 Å². The number of nitrogens with one attached hydrogen (secondary N) is 2. The molecule has 0 spiro atoms. The molecule has 1 atom stereocenters. The zero-order valence-electron chi connectivity index (χ0n) is 17.1. The van der Waals surface area contributed by atoms with Gasteiger partial charge in [0.1, 0.15) is 5.65 Å².